The molecule has 2 fully saturated rings. The number of nitrogens with one attached hydrogen (secondary N) is 1. The van der Waals surface area contributed by atoms with Crippen molar-refractivity contribution in [2.24, 2.45) is 0 Å². The number of carbonyl (C=O) groups excluding carboxylic acids is 2. The van der Waals surface area contributed by atoms with Gasteiger partial charge in [0.25, 0.3) is 0 Å². The van der Waals surface area contributed by atoms with Gasteiger partial charge in [-0.1, -0.05) is 6.92 Å². The molecule has 1 aromatic rings. The summed E-state index contributed by atoms with van der Waals surface area (Å²) in [6.45, 7) is 4.17. The second-order valence-corrected chi connectivity index (χ2v) is 8.11. The van der Waals surface area contributed by atoms with Gasteiger partial charge in [-0.2, -0.15) is 12.7 Å². The van der Waals surface area contributed by atoms with Gasteiger partial charge in [-0.3, -0.25) is 14.0 Å². The van der Waals surface area contributed by atoms with E-state index in [1.807, 2.05) is 0 Å². The molecule has 0 spiro atoms. The molecule has 0 unspecified atom stereocenters. The number of ether oxygens (including phenoxy) is 1. The van der Waals surface area contributed by atoms with E-state index in [0.29, 0.717) is 13.1 Å². The van der Waals surface area contributed by atoms with Crippen LogP contribution in [0.15, 0.2) is 18.2 Å². The average molecular weight is 400 g/mol. The molecule has 9 nitrogen and oxygen atoms in total. The van der Waals surface area contributed by atoms with Gasteiger partial charge in [0, 0.05) is 26.6 Å². The van der Waals surface area contributed by atoms with Crippen molar-refractivity contribution in [3.05, 3.63) is 24.0 Å². The minimum Gasteiger partial charge on any atom is -0.442 e. The van der Waals surface area contributed by atoms with E-state index in [2.05, 4.69) is 5.32 Å². The van der Waals surface area contributed by atoms with Gasteiger partial charge >= 0.3 is 16.3 Å². The quantitative estimate of drug-likeness (QED) is 0.783. The molecule has 0 aromatic heterocycles. The zero-order valence-electron chi connectivity index (χ0n) is 15.0. The molecule has 1 N–H and O–H groups in total. The van der Waals surface area contributed by atoms with Crippen molar-refractivity contribution in [2.75, 3.05) is 41.9 Å². The predicted octanol–water partition coefficient (Wildman–Crippen LogP) is 0.674. The maximum atomic E-state index is 14.6. The first kappa shape index (κ1) is 19.4. The average Bonchev–Trinajstić information content (AvgIpc) is 3.11. The van der Waals surface area contributed by atoms with Crippen molar-refractivity contribution in [1.82, 2.24) is 9.62 Å². The molecule has 1 atom stereocenters. The Hall–Kier alpha value is -2.40. The molecule has 2 aliphatic rings. The van der Waals surface area contributed by atoms with Gasteiger partial charge in [-0.15, -0.1) is 0 Å². The van der Waals surface area contributed by atoms with Gasteiger partial charge in [0.15, 0.2) is 0 Å². The molecule has 2 amide bonds. The maximum absolute atomic E-state index is 14.6. The zero-order chi connectivity index (χ0) is 19.8. The highest BCUT2D eigenvalue weighted by molar-refractivity contribution is 7.90. The first-order chi connectivity index (χ1) is 12.7. The fraction of sp³-hybridized carbons (Fsp3) is 0.500. The van der Waals surface area contributed by atoms with Crippen LogP contribution in [-0.4, -0.2) is 63.6 Å². The Morgan fingerprint density at radius 1 is 1.37 bits per heavy atom. The van der Waals surface area contributed by atoms with E-state index >= 15 is 0 Å². The van der Waals surface area contributed by atoms with Crippen molar-refractivity contribution in [1.29, 1.82) is 0 Å². The summed E-state index contributed by atoms with van der Waals surface area (Å²) in [6.07, 6.45) is -1.19. The van der Waals surface area contributed by atoms with Crippen LogP contribution in [0.3, 0.4) is 0 Å². The van der Waals surface area contributed by atoms with Crippen molar-refractivity contribution in [2.45, 2.75) is 20.0 Å². The Labute approximate surface area is 156 Å². The summed E-state index contributed by atoms with van der Waals surface area (Å²) in [5.74, 6) is -0.986. The normalized spacial score (nSPS) is 22.2. The maximum Gasteiger partial charge on any atom is 0.414 e. The first-order valence-electron chi connectivity index (χ1n) is 8.54. The molecule has 0 bridgehead atoms. The molecule has 3 rings (SSSR count). The second kappa shape index (κ2) is 7.31. The Morgan fingerprint density at radius 2 is 2.11 bits per heavy atom. The fourth-order valence-corrected chi connectivity index (χ4v) is 4.73. The van der Waals surface area contributed by atoms with Crippen molar-refractivity contribution in [3.8, 4) is 0 Å². The van der Waals surface area contributed by atoms with Crippen LogP contribution in [0.2, 0.25) is 0 Å². The number of nitrogens with zero attached hydrogens (tertiary/aromatic N) is 3. The van der Waals surface area contributed by atoms with Crippen LogP contribution in [0, 0.1) is 5.82 Å². The highest BCUT2D eigenvalue weighted by atomic mass is 32.2. The van der Waals surface area contributed by atoms with Gasteiger partial charge in [-0.25, -0.2) is 9.18 Å². The fourth-order valence-electron chi connectivity index (χ4n) is 3.10. The SMILES string of the molecule is CCN1CCN(c2ccc(N3C[C@H](CNC(C)=O)OC3=O)cc2F)S1(=O)=O. The Balaban J connectivity index is 1.78. The largest absolute Gasteiger partial charge is 0.442 e. The lowest BCUT2D eigenvalue weighted by Crippen LogP contribution is -2.34. The molecular weight excluding hydrogens is 379 g/mol. The molecule has 2 saturated heterocycles. The van der Waals surface area contributed by atoms with Crippen LogP contribution in [0.25, 0.3) is 0 Å². The van der Waals surface area contributed by atoms with Crippen LogP contribution in [0.1, 0.15) is 13.8 Å². The summed E-state index contributed by atoms with van der Waals surface area (Å²) >= 11 is 0. The van der Waals surface area contributed by atoms with E-state index in [1.165, 1.54) is 28.3 Å². The number of hydrogen-bond acceptors (Lipinski definition) is 5. The minimum absolute atomic E-state index is 0.0583. The summed E-state index contributed by atoms with van der Waals surface area (Å²) in [5.41, 5.74) is 0.201. The topological polar surface area (TPSA) is 99.3 Å². The molecule has 1 aromatic carbocycles. The summed E-state index contributed by atoms with van der Waals surface area (Å²) in [6, 6.07) is 3.93. The Morgan fingerprint density at radius 3 is 2.70 bits per heavy atom. The van der Waals surface area contributed by atoms with Crippen molar-refractivity contribution in [3.63, 3.8) is 0 Å². The van der Waals surface area contributed by atoms with Crippen LogP contribution in [0.5, 0.6) is 0 Å². The lowest BCUT2D eigenvalue weighted by Gasteiger charge is -2.21. The highest BCUT2D eigenvalue weighted by Gasteiger charge is 2.38. The molecule has 0 saturated carbocycles. The van der Waals surface area contributed by atoms with E-state index in [0.717, 1.165) is 10.4 Å². The van der Waals surface area contributed by atoms with E-state index in [4.69, 9.17) is 4.74 Å². The second-order valence-electron chi connectivity index (χ2n) is 6.26. The lowest BCUT2D eigenvalue weighted by atomic mass is 10.2. The summed E-state index contributed by atoms with van der Waals surface area (Å²) in [5, 5.41) is 2.56. The van der Waals surface area contributed by atoms with Crippen LogP contribution >= 0.6 is 0 Å². The van der Waals surface area contributed by atoms with E-state index in [1.54, 1.807) is 6.92 Å². The third-order valence-corrected chi connectivity index (χ3v) is 6.50. The molecule has 2 aliphatic heterocycles. The Kier molecular flexibility index (Phi) is 5.24. The number of amides is 2. The van der Waals surface area contributed by atoms with Crippen LogP contribution in [-0.2, 0) is 19.7 Å². The van der Waals surface area contributed by atoms with E-state index in [-0.39, 0.29) is 36.9 Å². The van der Waals surface area contributed by atoms with Crippen LogP contribution < -0.4 is 14.5 Å². The predicted molar refractivity (Wildman–Crippen MR) is 96.2 cm³/mol. The molecule has 27 heavy (non-hydrogen) atoms. The lowest BCUT2D eigenvalue weighted by molar-refractivity contribution is -0.119. The molecule has 0 radical (unpaired) electrons. The third-order valence-electron chi connectivity index (χ3n) is 4.47. The van der Waals surface area contributed by atoms with Gasteiger partial charge in [0.05, 0.1) is 24.5 Å². The highest BCUT2D eigenvalue weighted by Crippen LogP contribution is 2.31. The van der Waals surface area contributed by atoms with Crippen molar-refractivity contribution >= 4 is 33.6 Å². The third kappa shape index (κ3) is 3.69. The summed E-state index contributed by atoms with van der Waals surface area (Å²) < 4.78 is 46.9. The number of rotatable bonds is 5. The standard InChI is InChI=1S/C16H21FN4O5S/c1-3-19-6-7-21(27(19,24)25)15-5-4-12(8-14(15)17)20-10-13(26-16(20)23)9-18-11(2)22/h4-5,8,13H,3,6-7,9-10H2,1-2H3,(H,18,22)/t13-/m0/s1. The van der Waals surface area contributed by atoms with E-state index in [9.17, 15) is 22.4 Å². The molecular formula is C16H21FN4O5S. The molecule has 2 heterocycles. The number of hydrogen-bond donors (Lipinski definition) is 1. The summed E-state index contributed by atoms with van der Waals surface area (Å²) in [4.78, 5) is 24.2. The smallest absolute Gasteiger partial charge is 0.414 e. The van der Waals surface area contributed by atoms with Gasteiger partial charge < -0.3 is 10.1 Å². The first-order valence-corrected chi connectivity index (χ1v) is 9.93. The van der Waals surface area contributed by atoms with Gasteiger partial charge in [0.2, 0.25) is 5.91 Å². The van der Waals surface area contributed by atoms with Gasteiger partial charge in [0.1, 0.15) is 11.9 Å². The number of carbonyl (C=O) groups is 2. The number of benzene rings is 1. The van der Waals surface area contributed by atoms with Gasteiger partial charge in [-0.05, 0) is 18.2 Å². The number of anilines is 2. The van der Waals surface area contributed by atoms with E-state index < -0.39 is 28.2 Å². The van der Waals surface area contributed by atoms with Crippen molar-refractivity contribution < 1.29 is 27.1 Å². The summed E-state index contributed by atoms with van der Waals surface area (Å²) in [7, 11) is -3.74. The molecule has 148 valence electrons. The number of likely N-dealkylation sites (N-methyl/N-ethyl adjacent to an activating group) is 1. The van der Waals surface area contributed by atoms with Crippen LogP contribution in [0.4, 0.5) is 20.6 Å². The Bertz CT molecular complexity index is 862. The minimum atomic E-state index is -3.74. The molecule has 0 aliphatic carbocycles. The number of cyclic esters (lactones) is 1. The monoisotopic (exact) mass is 400 g/mol. The molecule has 11 heteroatoms. The number of halogens is 1. The zero-order valence-corrected chi connectivity index (χ0v) is 15.8.